The van der Waals surface area contributed by atoms with Gasteiger partial charge in [-0.05, 0) is 47.0 Å². The van der Waals surface area contributed by atoms with Crippen molar-refractivity contribution in [3.8, 4) is 0 Å². The molecule has 0 radical (unpaired) electrons. The van der Waals surface area contributed by atoms with E-state index in [1.54, 1.807) is 0 Å². The van der Waals surface area contributed by atoms with Gasteiger partial charge in [0, 0.05) is 16.4 Å². The van der Waals surface area contributed by atoms with Gasteiger partial charge in [-0.1, -0.05) is 12.8 Å². The average molecular weight is 330 g/mol. The van der Waals surface area contributed by atoms with E-state index >= 15 is 0 Å². The smallest absolute Gasteiger partial charge is 0.252 e. The Bertz CT molecular complexity index is 473. The molecule has 1 aromatic rings. The maximum absolute atomic E-state index is 13.1. The molecule has 1 amide bonds. The second-order valence-electron chi connectivity index (χ2n) is 5.17. The van der Waals surface area contributed by atoms with Crippen LogP contribution in [0.15, 0.2) is 22.7 Å². The normalized spacial score (nSPS) is 17.4. The van der Waals surface area contributed by atoms with Gasteiger partial charge in [-0.3, -0.25) is 4.79 Å². The van der Waals surface area contributed by atoms with Gasteiger partial charge in [0.2, 0.25) is 0 Å². The van der Waals surface area contributed by atoms with E-state index in [0.717, 1.165) is 25.7 Å². The summed E-state index contributed by atoms with van der Waals surface area (Å²) in [4.78, 5) is 12.0. The van der Waals surface area contributed by atoms with Gasteiger partial charge in [-0.2, -0.15) is 0 Å². The summed E-state index contributed by atoms with van der Waals surface area (Å²) >= 11 is 3.24. The van der Waals surface area contributed by atoms with E-state index in [0.29, 0.717) is 11.0 Å². The van der Waals surface area contributed by atoms with Gasteiger partial charge in [-0.25, -0.2) is 4.39 Å². The van der Waals surface area contributed by atoms with Gasteiger partial charge in [-0.15, -0.1) is 0 Å². The van der Waals surface area contributed by atoms with Crippen LogP contribution < -0.4 is 5.32 Å². The zero-order valence-corrected chi connectivity index (χ0v) is 12.2. The van der Waals surface area contributed by atoms with Crippen molar-refractivity contribution in [2.75, 3.05) is 13.2 Å². The van der Waals surface area contributed by atoms with Gasteiger partial charge in [0.15, 0.2) is 0 Å². The SMILES string of the molecule is O=C(NCC1(CO)CCCC1)c1cc(F)ccc1Br. The van der Waals surface area contributed by atoms with E-state index in [1.165, 1.54) is 18.2 Å². The van der Waals surface area contributed by atoms with Crippen molar-refractivity contribution in [3.63, 3.8) is 0 Å². The highest BCUT2D eigenvalue weighted by Crippen LogP contribution is 2.37. The third kappa shape index (κ3) is 3.34. The first kappa shape index (κ1) is 14.5. The number of hydrogen-bond acceptors (Lipinski definition) is 2. The Labute approximate surface area is 120 Å². The van der Waals surface area contributed by atoms with E-state index in [1.807, 2.05) is 0 Å². The zero-order valence-electron chi connectivity index (χ0n) is 10.6. The van der Waals surface area contributed by atoms with Crippen LogP contribution in [0, 0.1) is 11.2 Å². The molecule has 1 fully saturated rings. The Hall–Kier alpha value is -0.940. The summed E-state index contributed by atoms with van der Waals surface area (Å²) in [5.74, 6) is -0.753. The molecule has 0 aliphatic heterocycles. The van der Waals surface area contributed by atoms with Crippen LogP contribution in [0.3, 0.4) is 0 Å². The van der Waals surface area contributed by atoms with Gasteiger partial charge in [0.05, 0.1) is 12.2 Å². The predicted molar refractivity (Wildman–Crippen MR) is 74.4 cm³/mol. The third-order valence-corrected chi connectivity index (χ3v) is 4.49. The number of aliphatic hydroxyl groups is 1. The molecule has 104 valence electrons. The van der Waals surface area contributed by atoms with Crippen molar-refractivity contribution in [3.05, 3.63) is 34.1 Å². The van der Waals surface area contributed by atoms with Crippen LogP contribution >= 0.6 is 15.9 Å². The molecule has 0 spiro atoms. The Kier molecular flexibility index (Phi) is 4.58. The largest absolute Gasteiger partial charge is 0.396 e. The van der Waals surface area contributed by atoms with E-state index in [-0.39, 0.29) is 23.5 Å². The molecule has 1 aromatic carbocycles. The highest BCUT2D eigenvalue weighted by Gasteiger charge is 2.33. The molecule has 19 heavy (non-hydrogen) atoms. The number of halogens is 2. The first-order valence-corrected chi connectivity index (χ1v) is 7.20. The molecule has 0 bridgehead atoms. The second kappa shape index (κ2) is 6.01. The lowest BCUT2D eigenvalue weighted by Crippen LogP contribution is -2.38. The predicted octanol–water partition coefficient (Wildman–Crippen LogP) is 2.87. The quantitative estimate of drug-likeness (QED) is 0.892. The molecule has 2 N–H and O–H groups in total. The molecular weight excluding hydrogens is 313 g/mol. The molecule has 0 unspecified atom stereocenters. The number of carbonyl (C=O) groups excluding carboxylic acids is 1. The number of rotatable bonds is 4. The topological polar surface area (TPSA) is 49.3 Å². The highest BCUT2D eigenvalue weighted by atomic mass is 79.9. The standard InChI is InChI=1S/C14H17BrFNO2/c15-12-4-3-10(16)7-11(12)13(19)17-8-14(9-18)5-1-2-6-14/h3-4,7,18H,1-2,5-6,8-9H2,(H,17,19). The van der Waals surface area contributed by atoms with Crippen LogP contribution in [0.25, 0.3) is 0 Å². The number of benzene rings is 1. The molecule has 5 heteroatoms. The molecule has 2 rings (SSSR count). The first-order valence-electron chi connectivity index (χ1n) is 6.40. The summed E-state index contributed by atoms with van der Waals surface area (Å²) < 4.78 is 13.7. The Morgan fingerprint density at radius 1 is 1.42 bits per heavy atom. The summed E-state index contributed by atoms with van der Waals surface area (Å²) in [5.41, 5.74) is 0.0845. The fourth-order valence-electron chi connectivity index (χ4n) is 2.55. The zero-order chi connectivity index (χ0) is 13.9. The monoisotopic (exact) mass is 329 g/mol. The maximum atomic E-state index is 13.1. The molecule has 0 saturated heterocycles. The van der Waals surface area contributed by atoms with Crippen LogP contribution in [0.5, 0.6) is 0 Å². The van der Waals surface area contributed by atoms with Gasteiger partial charge < -0.3 is 10.4 Å². The minimum Gasteiger partial charge on any atom is -0.396 e. The van der Waals surface area contributed by atoms with Crippen molar-refractivity contribution in [1.29, 1.82) is 0 Å². The van der Waals surface area contributed by atoms with Gasteiger partial charge in [0.25, 0.3) is 5.91 Å². The number of carbonyl (C=O) groups is 1. The van der Waals surface area contributed by atoms with Crippen molar-refractivity contribution >= 4 is 21.8 Å². The van der Waals surface area contributed by atoms with Crippen molar-refractivity contribution in [2.24, 2.45) is 5.41 Å². The summed E-state index contributed by atoms with van der Waals surface area (Å²) in [6.45, 7) is 0.517. The van der Waals surface area contributed by atoms with Crippen molar-refractivity contribution < 1.29 is 14.3 Å². The third-order valence-electron chi connectivity index (χ3n) is 3.80. The van der Waals surface area contributed by atoms with E-state index in [2.05, 4.69) is 21.2 Å². The molecule has 0 heterocycles. The first-order chi connectivity index (χ1) is 9.06. The van der Waals surface area contributed by atoms with Crippen LogP contribution in [-0.2, 0) is 0 Å². The lowest BCUT2D eigenvalue weighted by atomic mass is 9.87. The average Bonchev–Trinajstić information content (AvgIpc) is 2.88. The molecule has 3 nitrogen and oxygen atoms in total. The van der Waals surface area contributed by atoms with Crippen LogP contribution in [-0.4, -0.2) is 24.2 Å². The minimum atomic E-state index is -0.439. The van der Waals surface area contributed by atoms with Gasteiger partial charge >= 0.3 is 0 Å². The molecular formula is C14H17BrFNO2. The second-order valence-corrected chi connectivity index (χ2v) is 6.03. The fraction of sp³-hybridized carbons (Fsp3) is 0.500. The number of aliphatic hydroxyl groups excluding tert-OH is 1. The van der Waals surface area contributed by atoms with E-state index < -0.39 is 5.82 Å². The van der Waals surface area contributed by atoms with Crippen LogP contribution in [0.1, 0.15) is 36.0 Å². The molecule has 1 saturated carbocycles. The van der Waals surface area contributed by atoms with Crippen LogP contribution in [0.2, 0.25) is 0 Å². The van der Waals surface area contributed by atoms with E-state index in [9.17, 15) is 14.3 Å². The number of amides is 1. The lowest BCUT2D eigenvalue weighted by molar-refractivity contribution is 0.0879. The van der Waals surface area contributed by atoms with Crippen LogP contribution in [0.4, 0.5) is 4.39 Å². The van der Waals surface area contributed by atoms with Gasteiger partial charge in [0.1, 0.15) is 5.82 Å². The molecule has 1 aliphatic carbocycles. The fourth-order valence-corrected chi connectivity index (χ4v) is 2.98. The Balaban J connectivity index is 2.03. The summed E-state index contributed by atoms with van der Waals surface area (Å²) in [7, 11) is 0. The Morgan fingerprint density at radius 3 is 2.74 bits per heavy atom. The number of hydrogen-bond donors (Lipinski definition) is 2. The Morgan fingerprint density at radius 2 is 2.11 bits per heavy atom. The summed E-state index contributed by atoms with van der Waals surface area (Å²) in [5, 5.41) is 12.3. The molecule has 0 atom stereocenters. The maximum Gasteiger partial charge on any atom is 0.252 e. The summed E-state index contributed by atoms with van der Waals surface area (Å²) in [6.07, 6.45) is 4.02. The summed E-state index contributed by atoms with van der Waals surface area (Å²) in [6, 6.07) is 4.02. The van der Waals surface area contributed by atoms with E-state index in [4.69, 9.17) is 0 Å². The number of nitrogens with one attached hydrogen (secondary N) is 1. The van der Waals surface area contributed by atoms with Crippen molar-refractivity contribution in [2.45, 2.75) is 25.7 Å². The highest BCUT2D eigenvalue weighted by molar-refractivity contribution is 9.10. The molecule has 1 aliphatic rings. The molecule has 0 aromatic heterocycles. The van der Waals surface area contributed by atoms with Crippen molar-refractivity contribution in [1.82, 2.24) is 5.32 Å². The minimum absolute atomic E-state index is 0.0810. The lowest BCUT2D eigenvalue weighted by Gasteiger charge is -2.26.